The lowest BCUT2D eigenvalue weighted by atomic mass is 9.82. The van der Waals surface area contributed by atoms with Crippen molar-refractivity contribution in [1.82, 2.24) is 15.1 Å². The number of nitrogens with one attached hydrogen (secondary N) is 1. The van der Waals surface area contributed by atoms with Crippen molar-refractivity contribution in [3.05, 3.63) is 42.0 Å². The number of rotatable bonds is 5. The molecule has 2 heterocycles. The van der Waals surface area contributed by atoms with Gasteiger partial charge >= 0.3 is 0 Å². The quantitative estimate of drug-likeness (QED) is 0.716. The highest BCUT2D eigenvalue weighted by atomic mass is 16.5. The number of ether oxygens (including phenoxy) is 1. The molecule has 1 aromatic rings. The van der Waals surface area contributed by atoms with Gasteiger partial charge in [-0.15, -0.1) is 0 Å². The van der Waals surface area contributed by atoms with E-state index in [1.807, 2.05) is 36.9 Å². The fourth-order valence-corrected chi connectivity index (χ4v) is 4.87. The Morgan fingerprint density at radius 1 is 1.19 bits per heavy atom. The topological polar surface area (TPSA) is 61.9 Å². The van der Waals surface area contributed by atoms with Crippen LogP contribution in [0.4, 0.5) is 0 Å². The number of hydrogen-bond acceptors (Lipinski definition) is 4. The van der Waals surface area contributed by atoms with Crippen molar-refractivity contribution in [2.45, 2.75) is 52.1 Å². The first kappa shape index (κ1) is 22.8. The molecule has 1 saturated carbocycles. The van der Waals surface area contributed by atoms with Gasteiger partial charge in [-0.1, -0.05) is 30.4 Å². The summed E-state index contributed by atoms with van der Waals surface area (Å²) in [7, 11) is 0. The third kappa shape index (κ3) is 6.35. The van der Waals surface area contributed by atoms with Crippen molar-refractivity contribution >= 4 is 11.8 Å². The predicted octanol–water partition coefficient (Wildman–Crippen LogP) is 3.23. The summed E-state index contributed by atoms with van der Waals surface area (Å²) in [5.74, 6) is 2.32. The zero-order valence-electron chi connectivity index (χ0n) is 19.5. The molecule has 0 spiro atoms. The molecule has 2 fully saturated rings. The number of para-hydroxylation sites is 1. The van der Waals surface area contributed by atoms with E-state index in [9.17, 15) is 9.59 Å². The minimum atomic E-state index is 0.0990. The summed E-state index contributed by atoms with van der Waals surface area (Å²) < 4.78 is 6.11. The average Bonchev–Trinajstić information content (AvgIpc) is 3.56. The second-order valence-electron chi connectivity index (χ2n) is 9.94. The monoisotopic (exact) mass is 439 g/mol. The zero-order chi connectivity index (χ0) is 22.5. The first-order chi connectivity index (χ1) is 15.5. The molecule has 0 aromatic heterocycles. The van der Waals surface area contributed by atoms with Crippen molar-refractivity contribution in [3.8, 4) is 5.75 Å². The smallest absolute Gasteiger partial charge is 0.236 e. The molecule has 1 aliphatic carbocycles. The largest absolute Gasteiger partial charge is 0.489 e. The Morgan fingerprint density at radius 2 is 2.00 bits per heavy atom. The van der Waals surface area contributed by atoms with Gasteiger partial charge in [-0.25, -0.2) is 0 Å². The molecule has 174 valence electrons. The van der Waals surface area contributed by atoms with Gasteiger partial charge in [0.2, 0.25) is 11.8 Å². The Bertz CT molecular complexity index is 833. The van der Waals surface area contributed by atoms with Gasteiger partial charge in [0.1, 0.15) is 12.4 Å². The Labute approximate surface area is 192 Å². The van der Waals surface area contributed by atoms with Crippen molar-refractivity contribution in [3.63, 3.8) is 0 Å². The van der Waals surface area contributed by atoms with Crippen LogP contribution in [0.3, 0.4) is 0 Å². The molecule has 6 heteroatoms. The molecular formula is C26H37N3O3. The second-order valence-corrected chi connectivity index (χ2v) is 9.94. The molecule has 32 heavy (non-hydrogen) atoms. The highest BCUT2D eigenvalue weighted by molar-refractivity contribution is 5.79. The summed E-state index contributed by atoms with van der Waals surface area (Å²) in [5, 5.41) is 3.02. The van der Waals surface area contributed by atoms with Gasteiger partial charge in [0.15, 0.2) is 0 Å². The van der Waals surface area contributed by atoms with E-state index in [-0.39, 0.29) is 29.7 Å². The minimum Gasteiger partial charge on any atom is -0.489 e. The molecule has 2 amide bonds. The van der Waals surface area contributed by atoms with Crippen LogP contribution >= 0.6 is 0 Å². The van der Waals surface area contributed by atoms with Crippen LogP contribution in [0, 0.1) is 17.8 Å². The van der Waals surface area contributed by atoms with Crippen LogP contribution in [0.1, 0.15) is 45.1 Å². The van der Waals surface area contributed by atoms with Crippen LogP contribution < -0.4 is 10.1 Å². The molecule has 0 radical (unpaired) electrons. The molecule has 3 aliphatic rings. The summed E-state index contributed by atoms with van der Waals surface area (Å²) in [5.41, 5.74) is 1.13. The van der Waals surface area contributed by atoms with Gasteiger partial charge in [0.05, 0.1) is 6.54 Å². The fourth-order valence-electron chi connectivity index (χ4n) is 4.87. The van der Waals surface area contributed by atoms with E-state index in [2.05, 4.69) is 28.4 Å². The SMILES string of the molecule is CC(C)NC(=O)C[C@@H]1CCN2C[C@@H]1/C=C/COc1ccccc1CN(CC1CC1)CC2=O. The molecule has 2 aliphatic heterocycles. The predicted molar refractivity (Wildman–Crippen MR) is 125 cm³/mol. The van der Waals surface area contributed by atoms with Crippen molar-refractivity contribution < 1.29 is 14.3 Å². The van der Waals surface area contributed by atoms with E-state index < -0.39 is 0 Å². The molecular weight excluding hydrogens is 402 g/mol. The van der Waals surface area contributed by atoms with Crippen LogP contribution in [-0.2, 0) is 16.1 Å². The number of nitrogens with zero attached hydrogens (tertiary/aromatic N) is 2. The van der Waals surface area contributed by atoms with E-state index in [1.54, 1.807) is 0 Å². The first-order valence-electron chi connectivity index (χ1n) is 12.1. The van der Waals surface area contributed by atoms with Crippen LogP contribution in [-0.4, -0.2) is 60.4 Å². The summed E-state index contributed by atoms with van der Waals surface area (Å²) >= 11 is 0. The molecule has 2 bridgehead atoms. The first-order valence-corrected chi connectivity index (χ1v) is 12.1. The van der Waals surface area contributed by atoms with Gasteiger partial charge in [-0.05, 0) is 56.9 Å². The molecule has 0 unspecified atom stereocenters. The van der Waals surface area contributed by atoms with Gasteiger partial charge in [0.25, 0.3) is 0 Å². The summed E-state index contributed by atoms with van der Waals surface area (Å²) in [4.78, 5) is 30.0. The van der Waals surface area contributed by atoms with Gasteiger partial charge in [-0.2, -0.15) is 0 Å². The van der Waals surface area contributed by atoms with Crippen LogP contribution in [0.25, 0.3) is 0 Å². The summed E-state index contributed by atoms with van der Waals surface area (Å²) in [6, 6.07) is 8.30. The highest BCUT2D eigenvalue weighted by Crippen LogP contribution is 2.32. The fraction of sp³-hybridized carbons (Fsp3) is 0.615. The maximum absolute atomic E-state index is 13.3. The highest BCUT2D eigenvalue weighted by Gasteiger charge is 2.33. The van der Waals surface area contributed by atoms with E-state index in [0.717, 1.165) is 37.4 Å². The molecule has 1 saturated heterocycles. The number of hydrogen-bond donors (Lipinski definition) is 1. The number of fused-ring (bicyclic) bond motifs is 3. The lowest BCUT2D eigenvalue weighted by Crippen LogP contribution is -2.48. The molecule has 4 rings (SSSR count). The van der Waals surface area contributed by atoms with E-state index in [4.69, 9.17) is 4.74 Å². The number of carbonyl (C=O) groups is 2. The van der Waals surface area contributed by atoms with Crippen molar-refractivity contribution in [1.29, 1.82) is 0 Å². The number of benzene rings is 1. The Hall–Kier alpha value is -2.34. The van der Waals surface area contributed by atoms with Crippen LogP contribution in [0.5, 0.6) is 5.75 Å². The van der Waals surface area contributed by atoms with Crippen LogP contribution in [0.15, 0.2) is 36.4 Å². The van der Waals surface area contributed by atoms with E-state index in [1.165, 1.54) is 12.8 Å². The molecule has 2 atom stereocenters. The standard InChI is InChI=1S/C26H37N3O3/c1-19(2)27-25(30)14-21-11-12-29-17-22(21)7-5-13-32-24-8-4-3-6-23(24)16-28(18-26(29)31)15-20-9-10-20/h3-8,19-22H,9-18H2,1-2H3,(H,27,30)/b7-5+/t21-,22-/m0/s1. The lowest BCUT2D eigenvalue weighted by Gasteiger charge is -2.38. The third-order valence-electron chi connectivity index (χ3n) is 6.71. The van der Waals surface area contributed by atoms with Gasteiger partial charge in [0, 0.05) is 44.2 Å². The lowest BCUT2D eigenvalue weighted by molar-refractivity contribution is -0.135. The van der Waals surface area contributed by atoms with Crippen molar-refractivity contribution in [2.75, 3.05) is 32.8 Å². The maximum atomic E-state index is 13.3. The summed E-state index contributed by atoms with van der Waals surface area (Å²) in [6.45, 7) is 8.02. The third-order valence-corrected chi connectivity index (χ3v) is 6.71. The summed E-state index contributed by atoms with van der Waals surface area (Å²) in [6.07, 6.45) is 8.11. The zero-order valence-corrected chi connectivity index (χ0v) is 19.5. The molecule has 6 nitrogen and oxygen atoms in total. The number of carbonyl (C=O) groups excluding carboxylic acids is 2. The van der Waals surface area contributed by atoms with E-state index in [0.29, 0.717) is 32.0 Å². The minimum absolute atomic E-state index is 0.0990. The molecule has 1 aromatic carbocycles. The number of amides is 2. The van der Waals surface area contributed by atoms with E-state index >= 15 is 0 Å². The Kier molecular flexibility index (Phi) is 7.51. The normalized spacial score (nSPS) is 25.7. The average molecular weight is 440 g/mol. The maximum Gasteiger partial charge on any atom is 0.236 e. The van der Waals surface area contributed by atoms with Crippen molar-refractivity contribution in [2.24, 2.45) is 17.8 Å². The Morgan fingerprint density at radius 3 is 2.78 bits per heavy atom. The molecule has 1 N–H and O–H groups in total. The Balaban J connectivity index is 1.52. The van der Waals surface area contributed by atoms with Gasteiger partial charge < -0.3 is 15.0 Å². The second kappa shape index (κ2) is 10.5. The van der Waals surface area contributed by atoms with Crippen LogP contribution in [0.2, 0.25) is 0 Å². The van der Waals surface area contributed by atoms with Gasteiger partial charge in [-0.3, -0.25) is 14.5 Å². The number of piperidine rings is 1.